The van der Waals surface area contributed by atoms with Crippen molar-refractivity contribution in [1.82, 2.24) is 5.32 Å². The van der Waals surface area contributed by atoms with Gasteiger partial charge in [-0.2, -0.15) is 13.2 Å². The molecular formula is C24H12Cl2F3N3O5S. The van der Waals surface area contributed by atoms with Crippen LogP contribution < -0.4 is 15.0 Å². The van der Waals surface area contributed by atoms with Crippen molar-refractivity contribution in [3.8, 4) is 11.5 Å². The minimum absolute atomic E-state index is 0.0977. The summed E-state index contributed by atoms with van der Waals surface area (Å²) in [4.78, 5) is 37.0. The van der Waals surface area contributed by atoms with Gasteiger partial charge in [0.15, 0.2) is 5.11 Å². The van der Waals surface area contributed by atoms with Gasteiger partial charge < -0.3 is 4.74 Å². The van der Waals surface area contributed by atoms with Crippen molar-refractivity contribution < 1.29 is 32.4 Å². The molecule has 0 saturated carbocycles. The number of thiocarbonyl (C=S) groups is 1. The largest absolute Gasteiger partial charge is 0.449 e. The predicted molar refractivity (Wildman–Crippen MR) is 137 cm³/mol. The molecule has 0 radical (unpaired) electrons. The first kappa shape index (κ1) is 27.0. The molecular weight excluding hydrogens is 570 g/mol. The second-order valence-electron chi connectivity index (χ2n) is 7.67. The van der Waals surface area contributed by atoms with Gasteiger partial charge in [-0.15, -0.1) is 0 Å². The summed E-state index contributed by atoms with van der Waals surface area (Å²) < 4.78 is 44.3. The molecule has 0 bridgehead atoms. The lowest BCUT2D eigenvalue weighted by atomic mass is 10.1. The van der Waals surface area contributed by atoms with Crippen molar-refractivity contribution in [1.29, 1.82) is 0 Å². The number of nitro groups is 1. The molecule has 1 saturated heterocycles. The first-order valence-corrected chi connectivity index (χ1v) is 11.5. The smallest absolute Gasteiger partial charge is 0.416 e. The van der Waals surface area contributed by atoms with Crippen LogP contribution in [-0.2, 0) is 15.8 Å². The SMILES string of the molecule is O=C1NC(=S)N(c2cccc(Cl)c2)C(=O)/C1=C/c1ccc(Oc2ccc(C(F)(F)F)cc2[N+](=O)[O-])c(Cl)c1. The standard InChI is InChI=1S/C24H12Cl2F3N3O5S/c25-14-2-1-3-15(11-14)31-22(34)16(21(33)30-23(31)38)8-12-4-6-19(17(26)9-12)37-20-7-5-13(24(27,28)29)10-18(20)32(35)36/h1-11H,(H,30,33,38)/b16-8+. The molecule has 14 heteroatoms. The first-order valence-electron chi connectivity index (χ1n) is 10.3. The molecule has 0 aliphatic carbocycles. The van der Waals surface area contributed by atoms with E-state index in [1.165, 1.54) is 30.3 Å². The van der Waals surface area contributed by atoms with Crippen LogP contribution in [0.4, 0.5) is 24.5 Å². The molecule has 1 aliphatic rings. The van der Waals surface area contributed by atoms with Gasteiger partial charge in [-0.05, 0) is 66.3 Å². The number of nitrogens with zero attached hydrogens (tertiary/aromatic N) is 2. The van der Waals surface area contributed by atoms with Gasteiger partial charge in [0.05, 0.1) is 21.2 Å². The number of hydrogen-bond donors (Lipinski definition) is 1. The van der Waals surface area contributed by atoms with Crippen LogP contribution in [0.25, 0.3) is 6.08 Å². The summed E-state index contributed by atoms with van der Waals surface area (Å²) in [5, 5.41) is 13.8. The van der Waals surface area contributed by atoms with Crippen LogP contribution in [0.5, 0.6) is 11.5 Å². The number of nitrogens with one attached hydrogen (secondary N) is 1. The Hall–Kier alpha value is -4.00. The zero-order valence-electron chi connectivity index (χ0n) is 18.6. The van der Waals surface area contributed by atoms with Gasteiger partial charge in [-0.3, -0.25) is 29.9 Å². The van der Waals surface area contributed by atoms with Crippen LogP contribution in [0.2, 0.25) is 10.0 Å². The van der Waals surface area contributed by atoms with Gasteiger partial charge in [0.25, 0.3) is 11.8 Å². The Morgan fingerprint density at radius 3 is 2.37 bits per heavy atom. The fraction of sp³-hybridized carbons (Fsp3) is 0.0417. The summed E-state index contributed by atoms with van der Waals surface area (Å²) in [5.74, 6) is -2.06. The lowest BCUT2D eigenvalue weighted by Crippen LogP contribution is -2.54. The zero-order chi connectivity index (χ0) is 27.8. The van der Waals surface area contributed by atoms with Gasteiger partial charge in [0.1, 0.15) is 11.3 Å². The zero-order valence-corrected chi connectivity index (χ0v) is 20.9. The average molecular weight is 582 g/mol. The molecule has 8 nitrogen and oxygen atoms in total. The second kappa shape index (κ2) is 10.4. The van der Waals surface area contributed by atoms with E-state index in [1.807, 2.05) is 0 Å². The van der Waals surface area contributed by atoms with Gasteiger partial charge >= 0.3 is 11.9 Å². The third-order valence-electron chi connectivity index (χ3n) is 5.14. The van der Waals surface area contributed by atoms with E-state index < -0.39 is 39.9 Å². The number of alkyl halides is 3. The second-order valence-corrected chi connectivity index (χ2v) is 8.90. The summed E-state index contributed by atoms with van der Waals surface area (Å²) in [6.45, 7) is 0. The third kappa shape index (κ3) is 5.62. The molecule has 38 heavy (non-hydrogen) atoms. The lowest BCUT2D eigenvalue weighted by molar-refractivity contribution is -0.385. The Balaban J connectivity index is 1.64. The summed E-state index contributed by atoms with van der Waals surface area (Å²) in [6, 6.07) is 12.0. The van der Waals surface area contributed by atoms with Crippen molar-refractivity contribution in [3.05, 3.63) is 97.5 Å². The van der Waals surface area contributed by atoms with Crippen LogP contribution in [0.3, 0.4) is 0 Å². The molecule has 0 aromatic heterocycles. The fourth-order valence-corrected chi connectivity index (χ4v) is 4.10. The van der Waals surface area contributed by atoms with Gasteiger partial charge in [-0.1, -0.05) is 35.3 Å². The molecule has 0 spiro atoms. The van der Waals surface area contributed by atoms with E-state index >= 15 is 0 Å². The topological polar surface area (TPSA) is 102 Å². The highest BCUT2D eigenvalue weighted by molar-refractivity contribution is 7.80. The fourth-order valence-electron chi connectivity index (χ4n) is 3.40. The van der Waals surface area contributed by atoms with Crippen molar-refractivity contribution >= 4 is 69.8 Å². The maximum Gasteiger partial charge on any atom is 0.416 e. The number of hydrogen-bond acceptors (Lipinski definition) is 6. The van der Waals surface area contributed by atoms with E-state index in [1.54, 1.807) is 18.2 Å². The van der Waals surface area contributed by atoms with E-state index in [0.717, 1.165) is 11.0 Å². The number of carbonyl (C=O) groups excluding carboxylic acids is 2. The number of anilines is 1. The molecule has 194 valence electrons. The Morgan fingerprint density at radius 1 is 1.03 bits per heavy atom. The van der Waals surface area contributed by atoms with E-state index in [-0.39, 0.29) is 27.0 Å². The van der Waals surface area contributed by atoms with Crippen molar-refractivity contribution in [2.45, 2.75) is 6.18 Å². The molecule has 1 N–H and O–H groups in total. The molecule has 3 aromatic rings. The molecule has 0 unspecified atom stereocenters. The van der Waals surface area contributed by atoms with E-state index in [9.17, 15) is 32.9 Å². The molecule has 4 rings (SSSR count). The number of rotatable bonds is 5. The normalized spacial score (nSPS) is 15.0. The Bertz CT molecular complexity index is 1540. The van der Waals surface area contributed by atoms with Gasteiger partial charge in [0.2, 0.25) is 5.75 Å². The highest BCUT2D eigenvalue weighted by Gasteiger charge is 2.35. The highest BCUT2D eigenvalue weighted by Crippen LogP contribution is 2.39. The van der Waals surface area contributed by atoms with E-state index in [4.69, 9.17) is 40.2 Å². The Morgan fingerprint density at radius 2 is 1.74 bits per heavy atom. The Labute approximate surface area is 227 Å². The van der Waals surface area contributed by atoms with Crippen molar-refractivity contribution in [3.63, 3.8) is 0 Å². The molecule has 2 amide bonds. The maximum atomic E-state index is 13.1. The van der Waals surface area contributed by atoms with Crippen LogP contribution in [0, 0.1) is 10.1 Å². The molecule has 1 heterocycles. The number of nitro benzene ring substituents is 1. The molecule has 0 atom stereocenters. The minimum atomic E-state index is -4.79. The molecule has 3 aromatic carbocycles. The van der Waals surface area contributed by atoms with Gasteiger partial charge in [0, 0.05) is 11.1 Å². The predicted octanol–water partition coefficient (Wildman–Crippen LogP) is 6.54. The first-order chi connectivity index (χ1) is 17.8. The average Bonchev–Trinajstić information content (AvgIpc) is 2.82. The van der Waals surface area contributed by atoms with Crippen LogP contribution in [0.15, 0.2) is 66.2 Å². The number of amides is 2. The monoisotopic (exact) mass is 581 g/mol. The van der Waals surface area contributed by atoms with E-state index in [0.29, 0.717) is 22.8 Å². The summed E-state index contributed by atoms with van der Waals surface area (Å²) in [6.07, 6.45) is -3.54. The maximum absolute atomic E-state index is 13.1. The number of carbonyl (C=O) groups is 2. The number of benzene rings is 3. The van der Waals surface area contributed by atoms with Crippen molar-refractivity contribution in [2.24, 2.45) is 0 Å². The number of ether oxygens (including phenoxy) is 1. The highest BCUT2D eigenvalue weighted by atomic mass is 35.5. The summed E-state index contributed by atoms with van der Waals surface area (Å²) >= 11 is 17.4. The van der Waals surface area contributed by atoms with Crippen LogP contribution in [0.1, 0.15) is 11.1 Å². The molecule has 1 fully saturated rings. The summed E-state index contributed by atoms with van der Waals surface area (Å²) in [5.41, 5.74) is -1.79. The van der Waals surface area contributed by atoms with E-state index in [2.05, 4.69) is 5.32 Å². The molecule has 1 aliphatic heterocycles. The van der Waals surface area contributed by atoms with Crippen molar-refractivity contribution in [2.75, 3.05) is 4.90 Å². The minimum Gasteiger partial charge on any atom is -0.449 e. The third-order valence-corrected chi connectivity index (χ3v) is 5.95. The summed E-state index contributed by atoms with van der Waals surface area (Å²) in [7, 11) is 0. The number of halogens is 5. The van der Waals surface area contributed by atoms with Gasteiger partial charge in [-0.25, -0.2) is 0 Å². The lowest BCUT2D eigenvalue weighted by Gasteiger charge is -2.29. The van der Waals surface area contributed by atoms with Crippen LogP contribution in [-0.4, -0.2) is 21.9 Å². The quantitative estimate of drug-likeness (QED) is 0.121. The van der Waals surface area contributed by atoms with Crippen LogP contribution >= 0.6 is 35.4 Å². The Kier molecular flexibility index (Phi) is 7.40.